The SMILES string of the molecule is CCOCC(C)Nc1ncc(-c2cc(-c3ccc(N)cc3)c3nccn3c2)s1. The van der Waals surface area contributed by atoms with Crippen LogP contribution in [-0.4, -0.2) is 33.6 Å². The van der Waals surface area contributed by atoms with Crippen LogP contribution in [0.4, 0.5) is 10.8 Å². The van der Waals surface area contributed by atoms with Crippen molar-refractivity contribution < 1.29 is 4.74 Å². The van der Waals surface area contributed by atoms with E-state index in [9.17, 15) is 0 Å². The van der Waals surface area contributed by atoms with E-state index in [4.69, 9.17) is 10.5 Å². The van der Waals surface area contributed by atoms with E-state index in [0.717, 1.165) is 38.0 Å². The highest BCUT2D eigenvalue weighted by Crippen LogP contribution is 2.34. The number of anilines is 2. The number of rotatable bonds is 7. The van der Waals surface area contributed by atoms with Crippen molar-refractivity contribution in [2.24, 2.45) is 0 Å². The predicted octanol–water partition coefficient (Wildman–Crippen LogP) is 4.54. The van der Waals surface area contributed by atoms with Gasteiger partial charge >= 0.3 is 0 Å². The van der Waals surface area contributed by atoms with E-state index in [0.29, 0.717) is 13.2 Å². The molecule has 1 atom stereocenters. The molecule has 1 unspecified atom stereocenters. The van der Waals surface area contributed by atoms with Gasteiger partial charge in [-0.2, -0.15) is 0 Å². The minimum Gasteiger partial charge on any atom is -0.399 e. The summed E-state index contributed by atoms with van der Waals surface area (Å²) in [6.07, 6.45) is 7.77. The van der Waals surface area contributed by atoms with Gasteiger partial charge in [-0.1, -0.05) is 23.5 Å². The van der Waals surface area contributed by atoms with Crippen molar-refractivity contribution in [3.63, 3.8) is 0 Å². The van der Waals surface area contributed by atoms with Crippen LogP contribution in [0.25, 0.3) is 27.2 Å². The molecule has 0 bridgehead atoms. The number of nitrogens with two attached hydrogens (primary N) is 1. The van der Waals surface area contributed by atoms with E-state index in [2.05, 4.69) is 34.5 Å². The molecule has 0 saturated heterocycles. The number of nitrogens with zero attached hydrogens (tertiary/aromatic N) is 3. The molecule has 0 aliphatic rings. The number of thiazole rings is 1. The molecule has 0 spiro atoms. The summed E-state index contributed by atoms with van der Waals surface area (Å²) < 4.78 is 7.51. The molecule has 0 fully saturated rings. The average Bonchev–Trinajstić information content (AvgIpc) is 3.35. The molecule has 3 N–H and O–H groups in total. The van der Waals surface area contributed by atoms with Gasteiger partial charge in [0, 0.05) is 54.3 Å². The Labute approximate surface area is 168 Å². The maximum atomic E-state index is 5.85. The second-order valence-electron chi connectivity index (χ2n) is 6.66. The van der Waals surface area contributed by atoms with Gasteiger partial charge in [0.1, 0.15) is 5.65 Å². The van der Waals surface area contributed by atoms with Gasteiger partial charge in [0.05, 0.1) is 11.5 Å². The lowest BCUT2D eigenvalue weighted by molar-refractivity contribution is 0.141. The minimum absolute atomic E-state index is 0.209. The van der Waals surface area contributed by atoms with Gasteiger partial charge in [-0.05, 0) is 37.6 Å². The molecule has 0 saturated carbocycles. The van der Waals surface area contributed by atoms with Crippen molar-refractivity contribution in [3.8, 4) is 21.6 Å². The van der Waals surface area contributed by atoms with Crippen LogP contribution in [0.3, 0.4) is 0 Å². The highest BCUT2D eigenvalue weighted by atomic mass is 32.1. The Kier molecular flexibility index (Phi) is 5.27. The Balaban J connectivity index is 1.67. The first-order valence-electron chi connectivity index (χ1n) is 9.27. The Hall–Kier alpha value is -2.90. The molecule has 6 nitrogen and oxygen atoms in total. The summed E-state index contributed by atoms with van der Waals surface area (Å²) in [6, 6.07) is 10.2. The number of aromatic nitrogens is 3. The molecule has 0 radical (unpaired) electrons. The van der Waals surface area contributed by atoms with E-state index in [-0.39, 0.29) is 6.04 Å². The average molecular weight is 394 g/mol. The summed E-state index contributed by atoms with van der Waals surface area (Å²) in [5.74, 6) is 0. The van der Waals surface area contributed by atoms with Crippen LogP contribution < -0.4 is 11.1 Å². The van der Waals surface area contributed by atoms with Crippen molar-refractivity contribution in [3.05, 3.63) is 55.1 Å². The normalized spacial score (nSPS) is 12.4. The third kappa shape index (κ3) is 3.85. The Morgan fingerprint density at radius 3 is 2.82 bits per heavy atom. The minimum atomic E-state index is 0.209. The number of hydrogen-bond donors (Lipinski definition) is 2. The van der Waals surface area contributed by atoms with Gasteiger partial charge in [-0.15, -0.1) is 0 Å². The fraction of sp³-hybridized carbons (Fsp3) is 0.238. The first-order valence-corrected chi connectivity index (χ1v) is 10.1. The zero-order valence-corrected chi connectivity index (χ0v) is 16.7. The highest BCUT2D eigenvalue weighted by Gasteiger charge is 2.12. The third-order valence-electron chi connectivity index (χ3n) is 4.44. The molecular formula is C21H23N5OS. The smallest absolute Gasteiger partial charge is 0.183 e. The van der Waals surface area contributed by atoms with E-state index in [1.807, 2.05) is 54.2 Å². The van der Waals surface area contributed by atoms with Crippen LogP contribution in [0.2, 0.25) is 0 Å². The summed E-state index contributed by atoms with van der Waals surface area (Å²) in [5.41, 5.74) is 10.8. The molecule has 4 aromatic rings. The van der Waals surface area contributed by atoms with Crippen LogP contribution >= 0.6 is 11.3 Å². The monoisotopic (exact) mass is 393 g/mol. The van der Waals surface area contributed by atoms with Crippen molar-refractivity contribution in [1.82, 2.24) is 14.4 Å². The molecule has 7 heteroatoms. The molecule has 0 aliphatic carbocycles. The van der Waals surface area contributed by atoms with Crippen LogP contribution in [0.1, 0.15) is 13.8 Å². The van der Waals surface area contributed by atoms with Crippen molar-refractivity contribution in [2.45, 2.75) is 19.9 Å². The zero-order chi connectivity index (χ0) is 19.5. The molecule has 3 heterocycles. The van der Waals surface area contributed by atoms with Crippen LogP contribution in [0.15, 0.2) is 55.1 Å². The van der Waals surface area contributed by atoms with Gasteiger partial charge in [-0.3, -0.25) is 0 Å². The van der Waals surface area contributed by atoms with Crippen LogP contribution in [0, 0.1) is 0 Å². The van der Waals surface area contributed by atoms with Crippen LogP contribution in [-0.2, 0) is 4.74 Å². The summed E-state index contributed by atoms with van der Waals surface area (Å²) in [6.45, 7) is 5.47. The van der Waals surface area contributed by atoms with Gasteiger partial charge in [0.15, 0.2) is 5.13 Å². The number of imidazole rings is 1. The molecule has 144 valence electrons. The van der Waals surface area contributed by atoms with Gasteiger partial charge in [0.25, 0.3) is 0 Å². The number of ether oxygens (including phenoxy) is 1. The second-order valence-corrected chi connectivity index (χ2v) is 7.69. The number of nitrogens with one attached hydrogen (secondary N) is 1. The number of benzene rings is 1. The van der Waals surface area contributed by atoms with Gasteiger partial charge in [0.2, 0.25) is 0 Å². The van der Waals surface area contributed by atoms with Gasteiger partial charge in [-0.25, -0.2) is 9.97 Å². The lowest BCUT2D eigenvalue weighted by atomic mass is 10.0. The predicted molar refractivity (Wildman–Crippen MR) is 116 cm³/mol. The lowest BCUT2D eigenvalue weighted by Gasteiger charge is -2.12. The topological polar surface area (TPSA) is 77.5 Å². The molecular weight excluding hydrogens is 370 g/mol. The molecule has 28 heavy (non-hydrogen) atoms. The van der Waals surface area contributed by atoms with Crippen molar-refractivity contribution in [1.29, 1.82) is 0 Å². The van der Waals surface area contributed by atoms with E-state index in [1.54, 1.807) is 11.3 Å². The quantitative estimate of drug-likeness (QED) is 0.451. The number of hydrogen-bond acceptors (Lipinski definition) is 6. The fourth-order valence-electron chi connectivity index (χ4n) is 3.06. The largest absolute Gasteiger partial charge is 0.399 e. The summed E-state index contributed by atoms with van der Waals surface area (Å²) in [7, 11) is 0. The molecule has 1 aromatic carbocycles. The number of nitrogen functional groups attached to an aromatic ring is 1. The Morgan fingerprint density at radius 1 is 1.21 bits per heavy atom. The molecule has 0 aliphatic heterocycles. The zero-order valence-electron chi connectivity index (χ0n) is 15.9. The second kappa shape index (κ2) is 8.00. The Bertz CT molecular complexity index is 1070. The van der Waals surface area contributed by atoms with Crippen molar-refractivity contribution >= 4 is 27.8 Å². The first kappa shape index (κ1) is 18.5. The summed E-state index contributed by atoms with van der Waals surface area (Å²) in [4.78, 5) is 10.1. The summed E-state index contributed by atoms with van der Waals surface area (Å²) in [5, 5.41) is 4.29. The molecule has 4 rings (SSSR count). The van der Waals surface area contributed by atoms with E-state index < -0.39 is 0 Å². The van der Waals surface area contributed by atoms with Gasteiger partial charge < -0.3 is 20.2 Å². The highest BCUT2D eigenvalue weighted by molar-refractivity contribution is 7.18. The van der Waals surface area contributed by atoms with Crippen LogP contribution in [0.5, 0.6) is 0 Å². The van der Waals surface area contributed by atoms with E-state index >= 15 is 0 Å². The maximum absolute atomic E-state index is 5.85. The van der Waals surface area contributed by atoms with Crippen molar-refractivity contribution in [2.75, 3.05) is 24.3 Å². The van der Waals surface area contributed by atoms with E-state index in [1.165, 1.54) is 0 Å². The maximum Gasteiger partial charge on any atom is 0.183 e. The number of pyridine rings is 1. The molecule has 3 aromatic heterocycles. The standard InChI is InChI=1S/C21H23N5OS/c1-3-27-13-14(2)25-21-24-11-19(28-21)16-10-18(15-4-6-17(22)7-5-15)20-23-8-9-26(20)12-16/h4-12,14H,3,13,22H2,1-2H3,(H,24,25). The first-order chi connectivity index (χ1) is 13.6. The third-order valence-corrected chi connectivity index (χ3v) is 5.42. The summed E-state index contributed by atoms with van der Waals surface area (Å²) >= 11 is 1.63. The Morgan fingerprint density at radius 2 is 2.04 bits per heavy atom. The molecule has 0 amide bonds. The number of fused-ring (bicyclic) bond motifs is 1. The fourth-order valence-corrected chi connectivity index (χ4v) is 3.97. The lowest BCUT2D eigenvalue weighted by Crippen LogP contribution is -2.21.